The molecule has 1 spiro atoms. The van der Waals surface area contributed by atoms with E-state index < -0.39 is 5.41 Å². The number of thiophene rings is 1. The first-order valence-electron chi connectivity index (χ1n) is 27.6. The topological polar surface area (TPSA) is 8.17 Å². The summed E-state index contributed by atoms with van der Waals surface area (Å²) in [7, 11) is 0. The van der Waals surface area contributed by atoms with E-state index in [1.54, 1.807) is 0 Å². The summed E-state index contributed by atoms with van der Waals surface area (Å²) in [5, 5.41) is 5.15. The van der Waals surface area contributed by atoms with Crippen molar-refractivity contribution in [3.8, 4) is 61.3 Å². The van der Waals surface area contributed by atoms with E-state index in [2.05, 4.69) is 290 Å². The van der Waals surface area contributed by atoms with Crippen molar-refractivity contribution in [1.82, 2.24) is 4.57 Å². The van der Waals surface area contributed by atoms with Crippen LogP contribution in [0.3, 0.4) is 0 Å². The van der Waals surface area contributed by atoms with E-state index >= 15 is 0 Å². The normalized spacial score (nSPS) is 13.9. The highest BCUT2D eigenvalue weighted by Gasteiger charge is 2.52. The van der Waals surface area contributed by atoms with Crippen LogP contribution in [-0.4, -0.2) is 4.57 Å². The Balaban J connectivity index is 0.844. The number of aromatic nitrogens is 1. The minimum Gasteiger partial charge on any atom is -0.310 e. The van der Waals surface area contributed by atoms with E-state index in [1.807, 2.05) is 11.3 Å². The quantitative estimate of drug-likeness (QED) is 0.161. The second kappa shape index (κ2) is 16.5. The molecule has 0 atom stereocenters. The molecule has 0 saturated carbocycles. The highest BCUT2D eigenvalue weighted by Crippen LogP contribution is 2.65. The number of nitrogens with zero attached hydrogens (tertiary/aromatic N) is 2. The van der Waals surface area contributed by atoms with Crippen LogP contribution in [-0.2, 0) is 10.8 Å². The standard InChI is InChI=1S/C76H50N2S/c1-75(2)63-27-11-6-22-56(63)60-45-62-61-44-49(38-43-69(61)78(71(62)46-68(60)75)50-18-4-3-5-19-50)47-34-39-51(40-35-47)77(52-41-36-48(37-42-52)53-25-16-26-58-57-23-10-15-33-72(57)79-74(53)58)70-32-17-31-67-73(70)59-24-9-14-30-66(59)76(67)64-28-12-7-20-54(64)55-21-8-13-29-65(55)76/h3-46H,1-2H3. The molecule has 3 aliphatic rings. The maximum Gasteiger partial charge on any atom is 0.0726 e. The van der Waals surface area contributed by atoms with Crippen molar-refractivity contribution >= 4 is 70.4 Å². The van der Waals surface area contributed by atoms with Gasteiger partial charge in [0.25, 0.3) is 0 Å². The molecule has 2 nitrogen and oxygen atoms in total. The minimum absolute atomic E-state index is 0.104. The number of anilines is 3. The number of hydrogen-bond acceptors (Lipinski definition) is 2. The van der Waals surface area contributed by atoms with Crippen molar-refractivity contribution in [3.05, 3.63) is 300 Å². The fourth-order valence-corrected chi connectivity index (χ4v) is 15.8. The van der Waals surface area contributed by atoms with E-state index in [0.29, 0.717) is 0 Å². The SMILES string of the molecule is CC1(C)c2ccccc2-c2cc3c4cc(-c5ccc(N(c6ccc(-c7cccc8c7sc7ccccc78)cc6)c6cccc7c6-c6ccccc6C76c7ccccc7-c7ccccc76)cc5)ccc4n(-c4ccccc4)c3cc21. The summed E-state index contributed by atoms with van der Waals surface area (Å²) in [5.41, 5.74) is 27.2. The van der Waals surface area contributed by atoms with Crippen molar-refractivity contribution < 1.29 is 0 Å². The molecule has 0 aliphatic heterocycles. The Kier molecular flexibility index (Phi) is 9.30. The average molecular weight is 1020 g/mol. The van der Waals surface area contributed by atoms with Gasteiger partial charge in [-0.1, -0.05) is 208 Å². The molecule has 0 radical (unpaired) electrons. The first-order valence-corrected chi connectivity index (χ1v) is 28.4. The lowest BCUT2D eigenvalue weighted by Crippen LogP contribution is -2.26. The van der Waals surface area contributed by atoms with Gasteiger partial charge < -0.3 is 9.47 Å². The fourth-order valence-electron chi connectivity index (χ4n) is 14.6. The molecule has 0 amide bonds. The van der Waals surface area contributed by atoms with Gasteiger partial charge in [-0.05, 0) is 156 Å². The van der Waals surface area contributed by atoms with Crippen molar-refractivity contribution in [2.75, 3.05) is 4.90 Å². The Labute approximate surface area is 463 Å². The Hall–Kier alpha value is -9.54. The Morgan fingerprint density at radius 2 is 0.873 bits per heavy atom. The van der Waals surface area contributed by atoms with Gasteiger partial charge in [0.2, 0.25) is 0 Å². The Morgan fingerprint density at radius 3 is 1.59 bits per heavy atom. The van der Waals surface area contributed by atoms with Crippen LogP contribution in [0, 0.1) is 0 Å². The first-order chi connectivity index (χ1) is 38.9. The van der Waals surface area contributed by atoms with E-state index in [-0.39, 0.29) is 5.41 Å². The third-order valence-electron chi connectivity index (χ3n) is 18.0. The monoisotopic (exact) mass is 1020 g/mol. The zero-order valence-electron chi connectivity index (χ0n) is 43.7. The lowest BCUT2D eigenvalue weighted by atomic mass is 9.70. The van der Waals surface area contributed by atoms with Crippen LogP contribution in [0.4, 0.5) is 17.1 Å². The minimum atomic E-state index is -0.459. The Bertz CT molecular complexity index is 4810. The van der Waals surface area contributed by atoms with Gasteiger partial charge in [-0.2, -0.15) is 0 Å². The molecule has 17 rings (SSSR count). The summed E-state index contributed by atoms with van der Waals surface area (Å²) >= 11 is 1.88. The molecule has 79 heavy (non-hydrogen) atoms. The van der Waals surface area contributed by atoms with Crippen molar-refractivity contribution in [1.29, 1.82) is 0 Å². The molecule has 0 N–H and O–H groups in total. The number of fused-ring (bicyclic) bond motifs is 19. The zero-order valence-corrected chi connectivity index (χ0v) is 44.5. The van der Waals surface area contributed by atoms with Gasteiger partial charge in [0.15, 0.2) is 0 Å². The number of para-hydroxylation sites is 1. The second-order valence-corrected chi connectivity index (χ2v) is 23.3. The maximum atomic E-state index is 2.51. The van der Waals surface area contributed by atoms with Gasteiger partial charge in [0.1, 0.15) is 0 Å². The third-order valence-corrected chi connectivity index (χ3v) is 19.2. The van der Waals surface area contributed by atoms with Crippen LogP contribution < -0.4 is 4.90 Å². The predicted octanol–water partition coefficient (Wildman–Crippen LogP) is 20.6. The summed E-state index contributed by atoms with van der Waals surface area (Å²) < 4.78 is 5.11. The van der Waals surface area contributed by atoms with Gasteiger partial charge in [0, 0.05) is 59.0 Å². The highest BCUT2D eigenvalue weighted by molar-refractivity contribution is 7.26. The molecule has 2 heterocycles. The van der Waals surface area contributed by atoms with Crippen molar-refractivity contribution in [2.24, 2.45) is 0 Å². The summed E-state index contributed by atoms with van der Waals surface area (Å²) in [4.78, 5) is 2.51. The molecule has 0 fully saturated rings. The number of hydrogen-bond donors (Lipinski definition) is 0. The molecule has 0 bridgehead atoms. The molecule has 0 saturated heterocycles. The number of rotatable bonds is 6. The zero-order chi connectivity index (χ0) is 52.1. The molecule has 12 aromatic carbocycles. The summed E-state index contributed by atoms with van der Waals surface area (Å²) in [5.74, 6) is 0. The average Bonchev–Trinajstić information content (AvgIpc) is 4.36. The van der Waals surface area contributed by atoms with E-state index in [4.69, 9.17) is 0 Å². The molecule has 14 aromatic rings. The molecular weight excluding hydrogens is 973 g/mol. The molecule has 370 valence electrons. The van der Waals surface area contributed by atoms with Crippen molar-refractivity contribution in [2.45, 2.75) is 24.7 Å². The van der Waals surface area contributed by atoms with Gasteiger partial charge in [0.05, 0.1) is 22.1 Å². The lowest BCUT2D eigenvalue weighted by Gasteiger charge is -2.32. The predicted molar refractivity (Wildman–Crippen MR) is 333 cm³/mol. The summed E-state index contributed by atoms with van der Waals surface area (Å²) in [6, 6.07) is 100. The summed E-state index contributed by atoms with van der Waals surface area (Å²) in [6.07, 6.45) is 0. The van der Waals surface area contributed by atoms with Gasteiger partial charge in [-0.15, -0.1) is 11.3 Å². The largest absolute Gasteiger partial charge is 0.310 e. The Morgan fingerprint density at radius 1 is 0.342 bits per heavy atom. The first kappa shape index (κ1) is 44.6. The van der Waals surface area contributed by atoms with Crippen LogP contribution in [0.2, 0.25) is 0 Å². The molecular formula is C76H50N2S. The smallest absolute Gasteiger partial charge is 0.0726 e. The lowest BCUT2D eigenvalue weighted by molar-refractivity contribution is 0.661. The molecule has 3 heteroatoms. The molecule has 0 unspecified atom stereocenters. The van der Waals surface area contributed by atoms with E-state index in [9.17, 15) is 0 Å². The van der Waals surface area contributed by atoms with E-state index in [1.165, 1.54) is 137 Å². The van der Waals surface area contributed by atoms with Crippen LogP contribution in [0.1, 0.15) is 47.2 Å². The van der Waals surface area contributed by atoms with Gasteiger partial charge in [-0.3, -0.25) is 0 Å². The fraction of sp³-hybridized carbons (Fsp3) is 0.0526. The van der Waals surface area contributed by atoms with Gasteiger partial charge >= 0.3 is 0 Å². The second-order valence-electron chi connectivity index (χ2n) is 22.3. The number of benzene rings is 12. The highest BCUT2D eigenvalue weighted by atomic mass is 32.1. The molecule has 3 aliphatic carbocycles. The molecule has 2 aromatic heterocycles. The van der Waals surface area contributed by atoms with E-state index in [0.717, 1.165) is 17.1 Å². The van der Waals surface area contributed by atoms with Gasteiger partial charge in [-0.25, -0.2) is 0 Å². The van der Waals surface area contributed by atoms with Crippen LogP contribution in [0.25, 0.3) is 103 Å². The third kappa shape index (κ3) is 6.11. The van der Waals surface area contributed by atoms with Crippen molar-refractivity contribution in [3.63, 3.8) is 0 Å². The van der Waals surface area contributed by atoms with Crippen LogP contribution in [0.5, 0.6) is 0 Å². The van der Waals surface area contributed by atoms with Crippen LogP contribution in [0.15, 0.2) is 267 Å². The maximum absolute atomic E-state index is 2.51. The summed E-state index contributed by atoms with van der Waals surface area (Å²) in [6.45, 7) is 4.75. The van der Waals surface area contributed by atoms with Crippen LogP contribution >= 0.6 is 11.3 Å².